The van der Waals surface area contributed by atoms with Crippen molar-refractivity contribution in [3.63, 3.8) is 0 Å². The Hall–Kier alpha value is -2.27. The number of hydrogen-bond acceptors (Lipinski definition) is 6. The maximum absolute atomic E-state index is 10.5. The summed E-state index contributed by atoms with van der Waals surface area (Å²) in [5.74, 6) is 0.147. The van der Waals surface area contributed by atoms with Crippen LogP contribution in [0.25, 0.3) is 10.7 Å². The zero-order valence-electron chi connectivity index (χ0n) is 10.1. The third-order valence-corrected chi connectivity index (χ3v) is 2.76. The fourth-order valence-electron chi connectivity index (χ4n) is 1.26. The highest BCUT2D eigenvalue weighted by atomic mass is 32.2. The lowest BCUT2D eigenvalue weighted by Gasteiger charge is -2.00. The van der Waals surface area contributed by atoms with Crippen LogP contribution in [0.5, 0.6) is 0 Å². The highest BCUT2D eigenvalue weighted by molar-refractivity contribution is 7.98. The molecule has 0 aliphatic carbocycles. The van der Waals surface area contributed by atoms with Crippen LogP contribution in [-0.2, 0) is 4.74 Å². The van der Waals surface area contributed by atoms with Crippen LogP contribution in [-0.4, -0.2) is 28.6 Å². The zero-order valence-corrected chi connectivity index (χ0v) is 11.0. The van der Waals surface area contributed by atoms with E-state index in [0.717, 1.165) is 0 Å². The fourth-order valence-corrected chi connectivity index (χ4v) is 1.51. The van der Waals surface area contributed by atoms with Gasteiger partial charge in [0.15, 0.2) is 4.98 Å². The van der Waals surface area contributed by atoms with E-state index in [0.29, 0.717) is 11.3 Å². The summed E-state index contributed by atoms with van der Waals surface area (Å²) in [6.45, 7) is 0.263. The van der Waals surface area contributed by atoms with Gasteiger partial charge in [-0.2, -0.15) is 11.8 Å². The molecule has 7 nitrogen and oxygen atoms in total. The molecule has 0 saturated carbocycles. The second kappa shape index (κ2) is 7.23. The normalized spacial score (nSPS) is 11.4. The van der Waals surface area contributed by atoms with E-state index >= 15 is 0 Å². The molecule has 19 heavy (non-hydrogen) atoms. The largest absolute Gasteiger partial charge is 0.475 e. The molecule has 0 aromatic heterocycles. The van der Waals surface area contributed by atoms with Crippen LogP contribution in [0.1, 0.15) is 5.56 Å². The van der Waals surface area contributed by atoms with Crippen molar-refractivity contribution in [1.82, 2.24) is 0 Å². The number of aliphatic hydroxyl groups excluding tert-OH is 1. The molecule has 0 aliphatic heterocycles. The molecule has 0 saturated heterocycles. The molecule has 0 radical (unpaired) electrons. The van der Waals surface area contributed by atoms with Crippen LogP contribution >= 0.6 is 11.8 Å². The molecule has 0 aliphatic rings. The number of diazo groups is 1. The maximum Gasteiger partial charge on any atom is 0.471 e. The monoisotopic (exact) mass is 282 g/mol. The van der Waals surface area contributed by atoms with Gasteiger partial charge in [-0.3, -0.25) is 10.1 Å². The quantitative estimate of drug-likeness (QED) is 0.283. The standard InChI is InChI=1S/C11H11N3O4S/c1-19-7-6-18-11(15)10(13-12)8-2-4-9(5-3-8)14(16)17/h2-5H,6-7H2,1H3/p+1. The van der Waals surface area contributed by atoms with Gasteiger partial charge in [0.25, 0.3) is 5.69 Å². The van der Waals surface area contributed by atoms with Crippen molar-refractivity contribution in [3.8, 4) is 0 Å². The van der Waals surface area contributed by atoms with E-state index in [1.54, 1.807) is 0 Å². The summed E-state index contributed by atoms with van der Waals surface area (Å²) in [7, 11) is 0. The molecule has 1 aromatic carbocycles. The number of aliphatic hydroxyl groups is 1. The lowest BCUT2D eigenvalue weighted by Crippen LogP contribution is -1.99. The number of ether oxygens (including phenoxy) is 1. The minimum Gasteiger partial charge on any atom is -0.475 e. The van der Waals surface area contributed by atoms with Gasteiger partial charge in [0.1, 0.15) is 6.61 Å². The molecule has 1 rings (SSSR count). The van der Waals surface area contributed by atoms with Crippen LogP contribution in [0.4, 0.5) is 5.69 Å². The van der Waals surface area contributed by atoms with E-state index in [2.05, 4.69) is 4.98 Å². The fraction of sp³-hybridized carbons (Fsp3) is 0.273. The molecule has 0 heterocycles. The Morgan fingerprint density at radius 3 is 2.63 bits per heavy atom. The van der Waals surface area contributed by atoms with E-state index in [1.807, 2.05) is 6.26 Å². The van der Waals surface area contributed by atoms with Crippen LogP contribution in [0.2, 0.25) is 0 Å². The van der Waals surface area contributed by atoms with E-state index in [1.165, 1.54) is 36.0 Å². The Kier molecular flexibility index (Phi) is 5.63. The molecule has 0 unspecified atom stereocenters. The highest BCUT2D eigenvalue weighted by Crippen LogP contribution is 2.22. The molecule has 0 atom stereocenters. The first-order valence-corrected chi connectivity index (χ1v) is 6.64. The lowest BCUT2D eigenvalue weighted by molar-refractivity contribution is -0.384. The van der Waals surface area contributed by atoms with E-state index in [4.69, 9.17) is 10.1 Å². The minimum atomic E-state index is -0.544. The minimum absolute atomic E-state index is 0.0937. The van der Waals surface area contributed by atoms with E-state index < -0.39 is 10.9 Å². The molecule has 0 spiro atoms. The van der Waals surface area contributed by atoms with Crippen molar-refractivity contribution < 1.29 is 14.8 Å². The molecule has 0 amide bonds. The van der Waals surface area contributed by atoms with Crippen LogP contribution in [0, 0.1) is 15.5 Å². The smallest absolute Gasteiger partial charge is 0.471 e. The Balaban J connectivity index is 2.93. The van der Waals surface area contributed by atoms with Gasteiger partial charge in [-0.25, -0.2) is 0 Å². The van der Waals surface area contributed by atoms with Gasteiger partial charge in [0.2, 0.25) is 5.39 Å². The molecular formula is C11H12N3O4S+. The van der Waals surface area contributed by atoms with Crippen molar-refractivity contribution in [2.45, 2.75) is 0 Å². The first kappa shape index (κ1) is 14.8. The second-order valence-electron chi connectivity index (χ2n) is 3.40. The summed E-state index contributed by atoms with van der Waals surface area (Å²) >= 11 is 1.54. The van der Waals surface area contributed by atoms with Crippen LogP contribution in [0.3, 0.4) is 0 Å². The second-order valence-corrected chi connectivity index (χ2v) is 4.38. The summed E-state index contributed by atoms with van der Waals surface area (Å²) in [6.07, 6.45) is 1.89. The Morgan fingerprint density at radius 1 is 1.53 bits per heavy atom. The molecule has 8 heteroatoms. The lowest BCUT2D eigenvalue weighted by atomic mass is 10.1. The topological polar surface area (TPSA) is 101 Å². The number of hydrogen-bond donors (Lipinski definition) is 1. The Bertz CT molecular complexity index is 522. The van der Waals surface area contributed by atoms with Crippen LogP contribution in [0.15, 0.2) is 30.2 Å². The zero-order chi connectivity index (χ0) is 14.3. The summed E-state index contributed by atoms with van der Waals surface area (Å²) in [6, 6.07) is 5.22. The number of nitro benzene ring substituents is 1. The van der Waals surface area contributed by atoms with E-state index in [9.17, 15) is 15.2 Å². The maximum atomic E-state index is 10.5. The van der Waals surface area contributed by atoms with Gasteiger partial charge in [0.05, 0.1) is 10.5 Å². The van der Waals surface area contributed by atoms with Crippen molar-refractivity contribution in [3.05, 3.63) is 50.9 Å². The van der Waals surface area contributed by atoms with Crippen LogP contribution < -0.4 is 0 Å². The SMILES string of the molecule is CSCCOC(O)=C([N+]#N)c1ccc([N+](=O)[O-])cc1. The average Bonchev–Trinajstić information content (AvgIpc) is 2.40. The van der Waals surface area contributed by atoms with Crippen molar-refractivity contribution >= 4 is 23.1 Å². The van der Waals surface area contributed by atoms with Gasteiger partial charge in [-0.05, 0) is 18.4 Å². The third-order valence-electron chi connectivity index (χ3n) is 2.18. The number of rotatable bonds is 6. The Labute approximate surface area is 113 Å². The number of non-ortho nitro benzene ring substituents is 1. The average molecular weight is 282 g/mol. The van der Waals surface area contributed by atoms with Gasteiger partial charge in [0, 0.05) is 17.9 Å². The number of benzene rings is 1. The van der Waals surface area contributed by atoms with Gasteiger partial charge >= 0.3 is 11.6 Å². The predicted molar refractivity (Wildman–Crippen MR) is 72.1 cm³/mol. The van der Waals surface area contributed by atoms with Crippen molar-refractivity contribution in [2.75, 3.05) is 18.6 Å². The van der Waals surface area contributed by atoms with Gasteiger partial charge in [-0.1, -0.05) is 0 Å². The van der Waals surface area contributed by atoms with Gasteiger partial charge in [-0.15, -0.1) is 0 Å². The molecular weight excluding hydrogens is 270 g/mol. The van der Waals surface area contributed by atoms with Crippen molar-refractivity contribution in [2.24, 2.45) is 0 Å². The molecule has 1 aromatic rings. The third kappa shape index (κ3) is 4.15. The predicted octanol–water partition coefficient (Wildman–Crippen LogP) is 3.01. The summed E-state index contributed by atoms with van der Waals surface area (Å²) in [5.41, 5.74) is 0.0505. The Morgan fingerprint density at radius 2 is 2.16 bits per heavy atom. The molecule has 100 valence electrons. The summed E-state index contributed by atoms with van der Waals surface area (Å²) in [4.78, 5) is 12.9. The highest BCUT2D eigenvalue weighted by Gasteiger charge is 2.24. The molecule has 1 N–H and O–H groups in total. The summed E-state index contributed by atoms with van der Waals surface area (Å²) in [5, 5.41) is 29.0. The molecule has 0 bridgehead atoms. The van der Waals surface area contributed by atoms with E-state index in [-0.39, 0.29) is 18.0 Å². The number of thioether (sulfide) groups is 1. The summed E-state index contributed by atoms with van der Waals surface area (Å²) < 4.78 is 4.99. The first-order chi connectivity index (χ1) is 9.10. The molecule has 0 fully saturated rings. The van der Waals surface area contributed by atoms with Crippen molar-refractivity contribution in [1.29, 1.82) is 5.39 Å². The van der Waals surface area contributed by atoms with Gasteiger partial charge < -0.3 is 9.84 Å². The number of nitro groups is 1. The number of nitrogens with zero attached hydrogens (tertiary/aromatic N) is 3. The first-order valence-electron chi connectivity index (χ1n) is 5.25.